The van der Waals surface area contributed by atoms with Crippen molar-refractivity contribution in [2.45, 2.75) is 26.1 Å². The number of fused-ring (bicyclic) bond motifs is 1. The molecule has 0 aliphatic carbocycles. The number of aromatic amines is 1. The van der Waals surface area contributed by atoms with Gasteiger partial charge in [0.1, 0.15) is 5.69 Å². The van der Waals surface area contributed by atoms with E-state index < -0.39 is 12.1 Å². The highest BCUT2D eigenvalue weighted by molar-refractivity contribution is 5.73. The lowest BCUT2D eigenvalue weighted by Gasteiger charge is -2.19. The van der Waals surface area contributed by atoms with Crippen LogP contribution in [0.1, 0.15) is 16.8 Å². The van der Waals surface area contributed by atoms with Crippen LogP contribution in [0.3, 0.4) is 0 Å². The molecule has 1 aliphatic rings. The van der Waals surface area contributed by atoms with Crippen LogP contribution >= 0.6 is 0 Å². The monoisotopic (exact) mass is 396 g/mol. The molecule has 9 nitrogen and oxygen atoms in total. The Hall–Kier alpha value is -3.28. The molecule has 0 unspecified atom stereocenters. The van der Waals surface area contributed by atoms with Crippen molar-refractivity contribution in [3.63, 3.8) is 0 Å². The Morgan fingerprint density at radius 3 is 2.75 bits per heavy atom. The lowest BCUT2D eigenvalue weighted by Crippen LogP contribution is -2.24. The molecule has 1 aliphatic heterocycles. The van der Waals surface area contributed by atoms with Crippen molar-refractivity contribution in [2.24, 2.45) is 0 Å². The summed E-state index contributed by atoms with van der Waals surface area (Å²) < 4.78 is 37.1. The molecule has 0 saturated heterocycles. The minimum atomic E-state index is -5.08. The molecule has 0 bridgehead atoms. The SMILES string of the molecule is Cc1ncc2c(c1-c1noc(-c3ccn[nH]3)n1)CCNC2.O=C(O)C(F)(F)F. The summed E-state index contributed by atoms with van der Waals surface area (Å²) in [5, 5.41) is 21.3. The number of carbonyl (C=O) groups is 1. The molecule has 4 heterocycles. The third kappa shape index (κ3) is 4.17. The molecule has 0 aromatic carbocycles. The van der Waals surface area contributed by atoms with Gasteiger partial charge in [-0.1, -0.05) is 5.16 Å². The Labute approximate surface area is 156 Å². The van der Waals surface area contributed by atoms with Crippen molar-refractivity contribution in [1.29, 1.82) is 0 Å². The Kier molecular flexibility index (Phi) is 5.40. The van der Waals surface area contributed by atoms with Crippen molar-refractivity contribution < 1.29 is 27.6 Å². The fourth-order valence-electron chi connectivity index (χ4n) is 2.68. The smallest absolute Gasteiger partial charge is 0.475 e. The summed E-state index contributed by atoms with van der Waals surface area (Å²) in [5.41, 5.74) is 5.09. The van der Waals surface area contributed by atoms with Crippen LogP contribution in [0.5, 0.6) is 0 Å². The molecule has 3 aromatic rings. The number of nitrogens with zero attached hydrogens (tertiary/aromatic N) is 4. The van der Waals surface area contributed by atoms with Gasteiger partial charge in [-0.25, -0.2) is 4.79 Å². The molecule has 28 heavy (non-hydrogen) atoms. The Bertz CT molecular complexity index is 969. The van der Waals surface area contributed by atoms with Gasteiger partial charge in [0.25, 0.3) is 5.89 Å². The summed E-state index contributed by atoms with van der Waals surface area (Å²) in [6, 6.07) is 1.80. The van der Waals surface area contributed by atoms with Crippen molar-refractivity contribution in [1.82, 2.24) is 30.6 Å². The predicted molar refractivity (Wildman–Crippen MR) is 88.9 cm³/mol. The first-order valence-electron chi connectivity index (χ1n) is 8.09. The largest absolute Gasteiger partial charge is 0.490 e. The lowest BCUT2D eigenvalue weighted by molar-refractivity contribution is -0.192. The van der Waals surface area contributed by atoms with Crippen molar-refractivity contribution in [3.8, 4) is 23.0 Å². The molecule has 0 saturated carbocycles. The average Bonchev–Trinajstić information content (AvgIpc) is 3.33. The van der Waals surface area contributed by atoms with Crippen LogP contribution in [0.15, 0.2) is 23.0 Å². The van der Waals surface area contributed by atoms with E-state index in [0.717, 1.165) is 30.8 Å². The first-order chi connectivity index (χ1) is 13.3. The summed E-state index contributed by atoms with van der Waals surface area (Å²) in [6.45, 7) is 3.76. The van der Waals surface area contributed by atoms with E-state index in [-0.39, 0.29) is 0 Å². The second-order valence-electron chi connectivity index (χ2n) is 5.85. The zero-order chi connectivity index (χ0) is 20.3. The zero-order valence-electron chi connectivity index (χ0n) is 14.5. The van der Waals surface area contributed by atoms with Gasteiger partial charge in [-0.15, -0.1) is 0 Å². The van der Waals surface area contributed by atoms with Crippen LogP contribution < -0.4 is 5.32 Å². The molecule has 4 rings (SSSR count). The number of nitrogens with one attached hydrogen (secondary N) is 2. The van der Waals surface area contributed by atoms with Gasteiger partial charge in [-0.2, -0.15) is 23.3 Å². The normalized spacial score (nSPS) is 13.4. The van der Waals surface area contributed by atoms with Crippen LogP contribution in [0.25, 0.3) is 23.0 Å². The first kappa shape index (κ1) is 19.5. The molecule has 0 atom stereocenters. The minimum absolute atomic E-state index is 0.438. The second kappa shape index (κ2) is 7.76. The van der Waals surface area contributed by atoms with Crippen molar-refractivity contribution in [2.75, 3.05) is 6.54 Å². The number of hydrogen-bond donors (Lipinski definition) is 3. The van der Waals surface area contributed by atoms with Crippen molar-refractivity contribution in [3.05, 3.63) is 35.3 Å². The number of aliphatic carboxylic acids is 1. The van der Waals surface area contributed by atoms with Gasteiger partial charge in [0.15, 0.2) is 0 Å². The third-order valence-corrected chi connectivity index (χ3v) is 3.96. The molecular formula is C16H15F3N6O3. The van der Waals surface area contributed by atoms with Crippen LogP contribution in [-0.2, 0) is 17.8 Å². The molecule has 0 spiro atoms. The summed E-state index contributed by atoms with van der Waals surface area (Å²) in [5.74, 6) is -1.73. The molecule has 3 N–H and O–H groups in total. The molecule has 0 fully saturated rings. The summed E-state index contributed by atoms with van der Waals surface area (Å²) >= 11 is 0. The molecular weight excluding hydrogens is 381 g/mol. The number of pyridine rings is 1. The highest BCUT2D eigenvalue weighted by atomic mass is 19.4. The van der Waals surface area contributed by atoms with Gasteiger partial charge in [0.05, 0.1) is 0 Å². The van der Waals surface area contributed by atoms with E-state index in [0.29, 0.717) is 17.4 Å². The van der Waals surface area contributed by atoms with E-state index >= 15 is 0 Å². The second-order valence-corrected chi connectivity index (χ2v) is 5.85. The Morgan fingerprint density at radius 1 is 1.36 bits per heavy atom. The average molecular weight is 396 g/mol. The number of hydrogen-bond acceptors (Lipinski definition) is 7. The topological polar surface area (TPSA) is 130 Å². The molecule has 0 amide bonds. The molecule has 3 aromatic heterocycles. The van der Waals surface area contributed by atoms with E-state index in [1.54, 1.807) is 12.3 Å². The van der Waals surface area contributed by atoms with Gasteiger partial charge >= 0.3 is 12.1 Å². The van der Waals surface area contributed by atoms with E-state index in [1.165, 1.54) is 11.1 Å². The van der Waals surface area contributed by atoms with Gasteiger partial charge in [-0.3, -0.25) is 10.1 Å². The van der Waals surface area contributed by atoms with Crippen LogP contribution in [0.4, 0.5) is 13.2 Å². The quantitative estimate of drug-likeness (QED) is 0.601. The zero-order valence-corrected chi connectivity index (χ0v) is 14.5. The maximum absolute atomic E-state index is 10.6. The molecule has 148 valence electrons. The first-order valence-corrected chi connectivity index (χ1v) is 8.09. The van der Waals surface area contributed by atoms with Gasteiger partial charge in [-0.05, 0) is 37.1 Å². The standard InChI is InChI=1S/C14H14N6O.C2HF3O2/c1-8-12(10-2-4-15-6-9(10)7-16-8)13-18-14(21-20-13)11-3-5-17-19-11;3-2(4,5)1(6)7/h3,5,7,15H,2,4,6H2,1H3,(H,17,19);(H,6,7). The third-order valence-electron chi connectivity index (χ3n) is 3.96. The van der Waals surface area contributed by atoms with Gasteiger partial charge < -0.3 is 14.9 Å². The summed E-state index contributed by atoms with van der Waals surface area (Å²) in [4.78, 5) is 17.8. The van der Waals surface area contributed by atoms with E-state index in [4.69, 9.17) is 14.4 Å². The minimum Gasteiger partial charge on any atom is -0.475 e. The van der Waals surface area contributed by atoms with E-state index in [2.05, 4.69) is 30.6 Å². The number of carboxylic acids is 1. The van der Waals surface area contributed by atoms with Gasteiger partial charge in [0.2, 0.25) is 5.82 Å². The van der Waals surface area contributed by atoms with Crippen LogP contribution in [-0.4, -0.2) is 49.1 Å². The summed E-state index contributed by atoms with van der Waals surface area (Å²) in [7, 11) is 0. The number of aromatic nitrogens is 5. The summed E-state index contributed by atoms with van der Waals surface area (Å²) in [6.07, 6.45) is -0.555. The van der Waals surface area contributed by atoms with Crippen LogP contribution in [0, 0.1) is 6.92 Å². The number of aryl methyl sites for hydroxylation is 1. The Balaban J connectivity index is 0.000000279. The predicted octanol–water partition coefficient (Wildman–Crippen LogP) is 2.11. The maximum atomic E-state index is 10.6. The molecule has 12 heteroatoms. The van der Waals surface area contributed by atoms with Crippen LogP contribution in [0.2, 0.25) is 0 Å². The van der Waals surface area contributed by atoms with E-state index in [1.807, 2.05) is 13.1 Å². The fourth-order valence-corrected chi connectivity index (χ4v) is 2.68. The van der Waals surface area contributed by atoms with Crippen molar-refractivity contribution >= 4 is 5.97 Å². The number of rotatable bonds is 2. The number of H-pyrrole nitrogens is 1. The number of halogens is 3. The highest BCUT2D eigenvalue weighted by Crippen LogP contribution is 2.29. The molecule has 0 radical (unpaired) electrons. The number of alkyl halides is 3. The van der Waals surface area contributed by atoms with E-state index in [9.17, 15) is 13.2 Å². The lowest BCUT2D eigenvalue weighted by atomic mass is 9.95. The highest BCUT2D eigenvalue weighted by Gasteiger charge is 2.38. The fraction of sp³-hybridized carbons (Fsp3) is 0.312. The maximum Gasteiger partial charge on any atom is 0.490 e. The number of carboxylic acid groups (broad SMARTS) is 1. The Morgan fingerprint density at radius 2 is 2.11 bits per heavy atom. The van der Waals surface area contributed by atoms with Gasteiger partial charge in [0, 0.05) is 30.2 Å².